The summed E-state index contributed by atoms with van der Waals surface area (Å²) in [6, 6.07) is 20.2. The maximum absolute atomic E-state index is 11.9. The Bertz CT molecular complexity index is 1150. The summed E-state index contributed by atoms with van der Waals surface area (Å²) in [7, 11) is 0. The molecule has 0 spiro atoms. The van der Waals surface area contributed by atoms with E-state index >= 15 is 0 Å². The van der Waals surface area contributed by atoms with Gasteiger partial charge in [-0.3, -0.25) is 4.79 Å². The minimum Gasteiger partial charge on any atom is -0.363 e. The largest absolute Gasteiger partial charge is 0.363 e. The van der Waals surface area contributed by atoms with Crippen LogP contribution in [0.5, 0.6) is 0 Å². The van der Waals surface area contributed by atoms with E-state index in [-0.39, 0.29) is 17.9 Å². The van der Waals surface area contributed by atoms with Gasteiger partial charge in [0.1, 0.15) is 17.8 Å². The van der Waals surface area contributed by atoms with Crippen LogP contribution in [-0.2, 0) is 4.79 Å². The third kappa shape index (κ3) is 4.17. The molecular formula is C24H25N5O. The molecule has 0 saturated heterocycles. The minimum atomic E-state index is -0.0545. The lowest BCUT2D eigenvalue weighted by molar-refractivity contribution is -0.118. The average Bonchev–Trinajstić information content (AvgIpc) is 3.20. The van der Waals surface area contributed by atoms with E-state index in [4.69, 9.17) is 0 Å². The number of rotatable bonds is 6. The standard InChI is InChI=1S/C24H25N5O/c1-15(2)24(30)28-19-11-9-18(10-12-19)21-13-20-22(25-14-26-23(20)29-21)27-16(3)17-7-5-4-6-8-17/h4-16H,1-3H3,(H,28,30)(H2,25,26,27,29). The van der Waals surface area contributed by atoms with Crippen LogP contribution in [0.25, 0.3) is 22.3 Å². The molecule has 152 valence electrons. The van der Waals surface area contributed by atoms with Crippen molar-refractivity contribution in [3.8, 4) is 11.3 Å². The SMILES string of the molecule is CC(C)C(=O)Nc1ccc(-c2cc3c(NC(C)c4ccccc4)ncnc3[nH]2)cc1. The van der Waals surface area contributed by atoms with Crippen LogP contribution in [0.2, 0.25) is 0 Å². The van der Waals surface area contributed by atoms with E-state index in [1.807, 2.05) is 56.3 Å². The van der Waals surface area contributed by atoms with Crippen molar-refractivity contribution in [1.29, 1.82) is 0 Å². The third-order valence-corrected chi connectivity index (χ3v) is 5.07. The van der Waals surface area contributed by atoms with Crippen molar-refractivity contribution < 1.29 is 4.79 Å². The number of carbonyl (C=O) groups excluding carboxylic acids is 1. The number of hydrogen-bond acceptors (Lipinski definition) is 4. The molecule has 2 heterocycles. The van der Waals surface area contributed by atoms with Crippen molar-refractivity contribution in [2.75, 3.05) is 10.6 Å². The summed E-state index contributed by atoms with van der Waals surface area (Å²) in [6.45, 7) is 5.86. The number of anilines is 2. The second kappa shape index (κ2) is 8.37. The lowest BCUT2D eigenvalue weighted by Gasteiger charge is -2.15. The molecule has 0 bridgehead atoms. The first-order chi connectivity index (χ1) is 14.5. The predicted molar refractivity (Wildman–Crippen MR) is 121 cm³/mol. The summed E-state index contributed by atoms with van der Waals surface area (Å²) in [5.41, 5.74) is 4.71. The Balaban J connectivity index is 1.58. The van der Waals surface area contributed by atoms with Crippen molar-refractivity contribution in [2.24, 2.45) is 5.92 Å². The Labute approximate surface area is 175 Å². The summed E-state index contributed by atoms with van der Waals surface area (Å²) in [5, 5.41) is 7.34. The molecule has 4 aromatic rings. The Kier molecular flexibility index (Phi) is 5.48. The first kappa shape index (κ1) is 19.6. The molecule has 0 saturated carbocycles. The molecule has 0 aliphatic rings. The van der Waals surface area contributed by atoms with Gasteiger partial charge in [-0.1, -0.05) is 56.3 Å². The summed E-state index contributed by atoms with van der Waals surface area (Å²) >= 11 is 0. The van der Waals surface area contributed by atoms with E-state index < -0.39 is 0 Å². The molecule has 6 nitrogen and oxygen atoms in total. The number of hydrogen-bond donors (Lipinski definition) is 3. The van der Waals surface area contributed by atoms with Crippen LogP contribution in [0.15, 0.2) is 67.0 Å². The number of carbonyl (C=O) groups is 1. The second-order valence-corrected chi connectivity index (χ2v) is 7.67. The maximum atomic E-state index is 11.9. The number of nitrogens with one attached hydrogen (secondary N) is 3. The highest BCUT2D eigenvalue weighted by Crippen LogP contribution is 2.29. The van der Waals surface area contributed by atoms with Crippen LogP contribution in [-0.4, -0.2) is 20.9 Å². The highest BCUT2D eigenvalue weighted by molar-refractivity contribution is 5.93. The van der Waals surface area contributed by atoms with Gasteiger partial charge in [0.2, 0.25) is 5.91 Å². The summed E-state index contributed by atoms with van der Waals surface area (Å²) in [6.07, 6.45) is 1.56. The molecule has 2 aromatic heterocycles. The molecule has 0 radical (unpaired) electrons. The molecule has 0 aliphatic heterocycles. The molecule has 30 heavy (non-hydrogen) atoms. The Hall–Kier alpha value is -3.67. The number of fused-ring (bicyclic) bond motifs is 1. The topological polar surface area (TPSA) is 82.7 Å². The zero-order valence-corrected chi connectivity index (χ0v) is 17.3. The molecule has 3 N–H and O–H groups in total. The van der Waals surface area contributed by atoms with Gasteiger partial charge in [-0.05, 0) is 36.2 Å². The van der Waals surface area contributed by atoms with E-state index in [0.29, 0.717) is 0 Å². The van der Waals surface area contributed by atoms with Crippen LogP contribution >= 0.6 is 0 Å². The molecule has 4 rings (SSSR count). The number of H-pyrrole nitrogens is 1. The van der Waals surface area contributed by atoms with E-state index in [9.17, 15) is 4.79 Å². The van der Waals surface area contributed by atoms with Gasteiger partial charge in [-0.2, -0.15) is 0 Å². The van der Waals surface area contributed by atoms with Gasteiger partial charge in [-0.15, -0.1) is 0 Å². The van der Waals surface area contributed by atoms with E-state index in [2.05, 4.69) is 50.7 Å². The van der Waals surface area contributed by atoms with Crippen molar-refractivity contribution in [1.82, 2.24) is 15.0 Å². The van der Waals surface area contributed by atoms with E-state index in [1.165, 1.54) is 5.56 Å². The van der Waals surface area contributed by atoms with Gasteiger partial charge < -0.3 is 15.6 Å². The zero-order chi connectivity index (χ0) is 21.1. The van der Waals surface area contributed by atoms with Gasteiger partial charge in [0.25, 0.3) is 0 Å². The number of aromatic nitrogens is 3. The van der Waals surface area contributed by atoms with Gasteiger partial charge in [0.15, 0.2) is 0 Å². The van der Waals surface area contributed by atoms with Crippen molar-refractivity contribution in [2.45, 2.75) is 26.8 Å². The minimum absolute atomic E-state index is 0.00638. The smallest absolute Gasteiger partial charge is 0.226 e. The van der Waals surface area contributed by atoms with Gasteiger partial charge in [-0.25, -0.2) is 9.97 Å². The van der Waals surface area contributed by atoms with Crippen LogP contribution < -0.4 is 10.6 Å². The zero-order valence-electron chi connectivity index (χ0n) is 17.3. The summed E-state index contributed by atoms with van der Waals surface area (Å²) < 4.78 is 0. The molecule has 0 aliphatic carbocycles. The highest BCUT2D eigenvalue weighted by atomic mass is 16.1. The highest BCUT2D eigenvalue weighted by Gasteiger charge is 2.13. The fraction of sp³-hybridized carbons (Fsp3) is 0.208. The van der Waals surface area contributed by atoms with Crippen LogP contribution in [0.1, 0.15) is 32.4 Å². The number of nitrogens with zero attached hydrogens (tertiary/aromatic N) is 2. The number of benzene rings is 2. The number of aromatic amines is 1. The average molecular weight is 399 g/mol. The quantitative estimate of drug-likeness (QED) is 0.406. The molecule has 1 amide bonds. The monoisotopic (exact) mass is 399 g/mol. The fourth-order valence-electron chi connectivity index (χ4n) is 3.26. The number of amides is 1. The summed E-state index contributed by atoms with van der Waals surface area (Å²) in [5.74, 6) is 0.743. The van der Waals surface area contributed by atoms with Crippen molar-refractivity contribution in [3.05, 3.63) is 72.6 Å². The normalized spacial score (nSPS) is 12.1. The Morgan fingerprint density at radius 3 is 2.40 bits per heavy atom. The second-order valence-electron chi connectivity index (χ2n) is 7.67. The van der Waals surface area contributed by atoms with E-state index in [0.717, 1.165) is 33.8 Å². The molecule has 1 atom stereocenters. The Morgan fingerprint density at radius 1 is 0.967 bits per heavy atom. The van der Waals surface area contributed by atoms with Crippen molar-refractivity contribution >= 4 is 28.4 Å². The fourth-order valence-corrected chi connectivity index (χ4v) is 3.26. The Morgan fingerprint density at radius 2 is 1.70 bits per heavy atom. The molecule has 0 fully saturated rings. The van der Waals surface area contributed by atoms with Gasteiger partial charge in [0, 0.05) is 23.3 Å². The van der Waals surface area contributed by atoms with Crippen LogP contribution in [0.3, 0.4) is 0 Å². The van der Waals surface area contributed by atoms with Crippen LogP contribution in [0, 0.1) is 5.92 Å². The third-order valence-electron chi connectivity index (χ3n) is 5.07. The van der Waals surface area contributed by atoms with Gasteiger partial charge >= 0.3 is 0 Å². The first-order valence-corrected chi connectivity index (χ1v) is 10.1. The molecule has 6 heteroatoms. The summed E-state index contributed by atoms with van der Waals surface area (Å²) in [4.78, 5) is 24.1. The van der Waals surface area contributed by atoms with Crippen LogP contribution in [0.4, 0.5) is 11.5 Å². The lowest BCUT2D eigenvalue weighted by Crippen LogP contribution is -2.17. The maximum Gasteiger partial charge on any atom is 0.226 e. The molecule has 1 unspecified atom stereocenters. The molecular weight excluding hydrogens is 374 g/mol. The predicted octanol–water partition coefficient (Wildman–Crippen LogP) is 5.39. The lowest BCUT2D eigenvalue weighted by atomic mass is 10.1. The first-order valence-electron chi connectivity index (χ1n) is 10.1. The van der Waals surface area contributed by atoms with Gasteiger partial charge in [0.05, 0.1) is 5.39 Å². The van der Waals surface area contributed by atoms with Crippen molar-refractivity contribution in [3.63, 3.8) is 0 Å². The van der Waals surface area contributed by atoms with E-state index in [1.54, 1.807) is 6.33 Å². The molecule has 2 aromatic carbocycles.